The monoisotopic (exact) mass is 583 g/mol. The van der Waals surface area contributed by atoms with Gasteiger partial charge in [0.25, 0.3) is 0 Å². The fourth-order valence-electron chi connectivity index (χ4n) is 6.16. The zero-order chi connectivity index (χ0) is 30.3. The highest BCUT2D eigenvalue weighted by atomic mass is 15.6. The molecule has 45 heavy (non-hydrogen) atoms. The molecule has 1 aromatic heterocycles. The number of rotatable bonds is 10. The first-order valence-corrected chi connectivity index (χ1v) is 15.2. The Morgan fingerprint density at radius 2 is 0.911 bits per heavy atom. The van der Waals surface area contributed by atoms with Gasteiger partial charge in [0.05, 0.1) is 0 Å². The summed E-state index contributed by atoms with van der Waals surface area (Å²) in [6.45, 7) is 1.63. The molecule has 0 aliphatic carbocycles. The molecule has 0 unspecified atom stereocenters. The van der Waals surface area contributed by atoms with Crippen molar-refractivity contribution in [1.82, 2.24) is 25.5 Å². The largest absolute Gasteiger partial charge is 0.309 e. The van der Waals surface area contributed by atoms with Gasteiger partial charge in [-0.3, -0.25) is 0 Å². The van der Waals surface area contributed by atoms with E-state index < -0.39 is 5.54 Å². The van der Waals surface area contributed by atoms with Crippen molar-refractivity contribution in [1.29, 1.82) is 0 Å². The predicted molar refractivity (Wildman–Crippen MR) is 180 cm³/mol. The van der Waals surface area contributed by atoms with Crippen LogP contribution in [-0.4, -0.2) is 20.2 Å². The normalized spacial score (nSPS) is 11.4. The van der Waals surface area contributed by atoms with Crippen LogP contribution < -0.4 is 5.32 Å². The van der Waals surface area contributed by atoms with Crippen LogP contribution in [0.15, 0.2) is 170 Å². The number of hydrogen-bond donors (Lipinski definition) is 1. The Kier molecular flexibility index (Phi) is 8.08. The quantitative estimate of drug-likeness (QED) is 0.165. The van der Waals surface area contributed by atoms with Crippen molar-refractivity contribution in [3.63, 3.8) is 0 Å². The van der Waals surface area contributed by atoms with Gasteiger partial charge in [0, 0.05) is 18.7 Å². The van der Waals surface area contributed by atoms with Crippen molar-refractivity contribution < 1.29 is 0 Å². The molecule has 1 N–H and O–H groups in total. The Labute approximate surface area is 263 Å². The molecule has 5 nitrogen and oxygen atoms in total. The Morgan fingerprint density at radius 1 is 0.467 bits per heavy atom. The molecule has 0 amide bonds. The molecule has 7 rings (SSSR count). The van der Waals surface area contributed by atoms with Crippen molar-refractivity contribution in [3.05, 3.63) is 198 Å². The Balaban J connectivity index is 1.31. The molecule has 0 fully saturated rings. The number of hydrogen-bond acceptors (Lipinski definition) is 4. The summed E-state index contributed by atoms with van der Waals surface area (Å²) in [5.41, 5.74) is 8.04. The molecule has 6 aromatic carbocycles. The van der Waals surface area contributed by atoms with Crippen LogP contribution in [0.4, 0.5) is 0 Å². The second-order valence-electron chi connectivity index (χ2n) is 11.1. The molecule has 0 aliphatic rings. The third-order valence-corrected chi connectivity index (χ3v) is 8.30. The zero-order valence-corrected chi connectivity index (χ0v) is 24.9. The first kappa shape index (κ1) is 28.1. The average molecular weight is 584 g/mol. The summed E-state index contributed by atoms with van der Waals surface area (Å²) >= 11 is 0. The third-order valence-electron chi connectivity index (χ3n) is 8.30. The maximum atomic E-state index is 4.75. The maximum absolute atomic E-state index is 4.75. The van der Waals surface area contributed by atoms with Crippen molar-refractivity contribution in [2.24, 2.45) is 0 Å². The highest BCUT2D eigenvalue weighted by Gasteiger charge is 2.42. The van der Waals surface area contributed by atoms with Gasteiger partial charge in [0.15, 0.2) is 5.82 Å². The maximum Gasteiger partial charge on any atom is 0.184 e. The second-order valence-corrected chi connectivity index (χ2v) is 11.1. The van der Waals surface area contributed by atoms with E-state index in [1.165, 1.54) is 11.1 Å². The van der Waals surface area contributed by atoms with E-state index in [-0.39, 0.29) is 0 Å². The molecule has 7 aromatic rings. The molecule has 218 valence electrons. The lowest BCUT2D eigenvalue weighted by Gasteiger charge is -2.36. The molecule has 0 saturated carbocycles. The average Bonchev–Trinajstić information content (AvgIpc) is 3.61. The molecule has 0 aliphatic heterocycles. The SMILES string of the molecule is c1ccc(CNCc2ccc(-c3ccccc3-c3nnnn3C(c3ccccc3)(c3ccccc3)c3ccccc3)cc2)cc1. The summed E-state index contributed by atoms with van der Waals surface area (Å²) in [6, 6.07) is 59.1. The third kappa shape index (κ3) is 5.57. The lowest BCUT2D eigenvalue weighted by atomic mass is 9.77. The summed E-state index contributed by atoms with van der Waals surface area (Å²) < 4.78 is 1.99. The van der Waals surface area contributed by atoms with Crippen LogP contribution in [0.3, 0.4) is 0 Å². The molecular formula is C40H33N5. The first-order valence-electron chi connectivity index (χ1n) is 15.2. The summed E-state index contributed by atoms with van der Waals surface area (Å²) in [7, 11) is 0. The molecule has 1 heterocycles. The topological polar surface area (TPSA) is 55.6 Å². The summed E-state index contributed by atoms with van der Waals surface area (Å²) in [6.07, 6.45) is 0. The van der Waals surface area contributed by atoms with E-state index in [9.17, 15) is 0 Å². The van der Waals surface area contributed by atoms with Crippen molar-refractivity contribution in [3.8, 4) is 22.5 Å². The fraction of sp³-hybridized carbons (Fsp3) is 0.0750. The highest BCUT2D eigenvalue weighted by Crippen LogP contribution is 2.43. The zero-order valence-electron chi connectivity index (χ0n) is 24.9. The van der Waals surface area contributed by atoms with Crippen molar-refractivity contribution in [2.75, 3.05) is 0 Å². The minimum absolute atomic E-state index is 0.691. The van der Waals surface area contributed by atoms with Gasteiger partial charge in [-0.1, -0.05) is 170 Å². The van der Waals surface area contributed by atoms with E-state index in [1.54, 1.807) is 0 Å². The summed E-state index contributed by atoms with van der Waals surface area (Å²) in [5, 5.41) is 17.3. The smallest absolute Gasteiger partial charge is 0.184 e. The van der Waals surface area contributed by atoms with Crippen LogP contribution >= 0.6 is 0 Å². The van der Waals surface area contributed by atoms with E-state index in [1.807, 2.05) is 28.9 Å². The fourth-order valence-corrected chi connectivity index (χ4v) is 6.16. The minimum atomic E-state index is -0.815. The Hall–Kier alpha value is -5.65. The number of nitrogens with one attached hydrogen (secondary N) is 1. The molecule has 0 radical (unpaired) electrons. The number of nitrogens with zero attached hydrogens (tertiary/aromatic N) is 4. The van der Waals surface area contributed by atoms with Crippen molar-refractivity contribution >= 4 is 0 Å². The molecule has 0 spiro atoms. The van der Waals surface area contributed by atoms with Crippen LogP contribution in [0.2, 0.25) is 0 Å². The van der Waals surface area contributed by atoms with Crippen LogP contribution in [0.5, 0.6) is 0 Å². The second kappa shape index (κ2) is 12.9. The lowest BCUT2D eigenvalue weighted by Crippen LogP contribution is -2.39. The Morgan fingerprint density at radius 3 is 1.44 bits per heavy atom. The molecular weight excluding hydrogens is 550 g/mol. The highest BCUT2D eigenvalue weighted by molar-refractivity contribution is 5.81. The molecule has 0 bridgehead atoms. The first-order chi connectivity index (χ1) is 22.3. The van der Waals surface area contributed by atoms with E-state index in [0.717, 1.165) is 46.5 Å². The van der Waals surface area contributed by atoms with Gasteiger partial charge in [0.1, 0.15) is 5.54 Å². The van der Waals surface area contributed by atoms with Gasteiger partial charge in [-0.25, -0.2) is 4.68 Å². The predicted octanol–water partition coefficient (Wildman–Crippen LogP) is 8.14. The van der Waals surface area contributed by atoms with Gasteiger partial charge in [0.2, 0.25) is 0 Å². The van der Waals surface area contributed by atoms with Gasteiger partial charge < -0.3 is 5.32 Å². The number of tetrazole rings is 1. The summed E-state index contributed by atoms with van der Waals surface area (Å²) in [5.74, 6) is 0.691. The van der Waals surface area contributed by atoms with Gasteiger partial charge in [-0.05, 0) is 49.4 Å². The van der Waals surface area contributed by atoms with E-state index in [2.05, 4.69) is 156 Å². The van der Waals surface area contributed by atoms with Crippen LogP contribution in [0.25, 0.3) is 22.5 Å². The van der Waals surface area contributed by atoms with Gasteiger partial charge >= 0.3 is 0 Å². The van der Waals surface area contributed by atoms with E-state index in [0.29, 0.717) is 5.82 Å². The lowest BCUT2D eigenvalue weighted by molar-refractivity contribution is 0.451. The molecule has 0 atom stereocenters. The minimum Gasteiger partial charge on any atom is -0.309 e. The molecule has 5 heteroatoms. The van der Waals surface area contributed by atoms with E-state index >= 15 is 0 Å². The number of benzene rings is 6. The standard InChI is InChI=1S/C40H33N5/c1-5-15-31(16-6-1)29-41-30-32-25-27-33(28-26-32)37-23-13-14-24-38(37)39-42-43-44-45(39)40(34-17-7-2-8-18-34,35-19-9-3-10-20-35)36-21-11-4-12-22-36/h1-28,41H,29-30H2. The van der Waals surface area contributed by atoms with Crippen LogP contribution in [0, 0.1) is 0 Å². The Bertz CT molecular complexity index is 1860. The van der Waals surface area contributed by atoms with Gasteiger partial charge in [-0.15, -0.1) is 5.10 Å². The van der Waals surface area contributed by atoms with Crippen LogP contribution in [-0.2, 0) is 18.6 Å². The molecule has 0 saturated heterocycles. The van der Waals surface area contributed by atoms with E-state index in [4.69, 9.17) is 10.3 Å². The number of aromatic nitrogens is 4. The summed E-state index contributed by atoms with van der Waals surface area (Å²) in [4.78, 5) is 0. The van der Waals surface area contributed by atoms with Crippen molar-refractivity contribution in [2.45, 2.75) is 18.6 Å². The van der Waals surface area contributed by atoms with Crippen LogP contribution in [0.1, 0.15) is 27.8 Å². The van der Waals surface area contributed by atoms with Gasteiger partial charge in [-0.2, -0.15) is 0 Å².